The van der Waals surface area contributed by atoms with Gasteiger partial charge in [0.1, 0.15) is 5.78 Å². The zero-order chi connectivity index (χ0) is 8.39. The number of hydrogen-bond acceptors (Lipinski definition) is 1. The highest BCUT2D eigenvalue weighted by Crippen LogP contribution is 2.24. The van der Waals surface area contributed by atoms with Gasteiger partial charge in [-0.15, -0.1) is 0 Å². The van der Waals surface area contributed by atoms with E-state index in [4.69, 9.17) is 0 Å². The second-order valence-electron chi connectivity index (χ2n) is 3.33. The van der Waals surface area contributed by atoms with E-state index in [2.05, 4.69) is 12.2 Å². The van der Waals surface area contributed by atoms with Crippen LogP contribution in [0.4, 0.5) is 0 Å². The third-order valence-corrected chi connectivity index (χ3v) is 2.48. The highest BCUT2D eigenvalue weighted by Gasteiger charge is 2.24. The average Bonchev–Trinajstić information content (AvgIpc) is 2.37. The maximum absolute atomic E-state index is 11.7. The van der Waals surface area contributed by atoms with Crippen LogP contribution in [0.15, 0.2) is 36.5 Å². The SMILES string of the molecule is O=C1C2C=CC=CC1CC=CC2. The molecule has 0 aromatic carbocycles. The van der Waals surface area contributed by atoms with Gasteiger partial charge in [-0.1, -0.05) is 36.5 Å². The van der Waals surface area contributed by atoms with Crippen LogP contribution in [0.3, 0.4) is 0 Å². The molecule has 62 valence electrons. The van der Waals surface area contributed by atoms with E-state index in [0.29, 0.717) is 5.78 Å². The summed E-state index contributed by atoms with van der Waals surface area (Å²) in [6.07, 6.45) is 14.0. The first-order valence-electron chi connectivity index (χ1n) is 4.41. The van der Waals surface area contributed by atoms with Crippen LogP contribution in [-0.4, -0.2) is 5.78 Å². The third-order valence-electron chi connectivity index (χ3n) is 2.48. The van der Waals surface area contributed by atoms with E-state index in [1.165, 1.54) is 0 Å². The van der Waals surface area contributed by atoms with Crippen LogP contribution in [0.5, 0.6) is 0 Å². The molecule has 2 unspecified atom stereocenters. The van der Waals surface area contributed by atoms with Gasteiger partial charge in [-0.2, -0.15) is 0 Å². The van der Waals surface area contributed by atoms with Crippen molar-refractivity contribution in [3.8, 4) is 0 Å². The Labute approximate surface area is 72.5 Å². The van der Waals surface area contributed by atoms with Gasteiger partial charge in [-0.05, 0) is 12.8 Å². The standard InChI is InChI=1S/C11H12O/c12-11-9-5-1-2-6-10(11)8-4-3-7-9/h1-6,9-10H,7-8H2. The zero-order valence-electron chi connectivity index (χ0n) is 6.94. The van der Waals surface area contributed by atoms with Gasteiger partial charge in [0.15, 0.2) is 0 Å². The van der Waals surface area contributed by atoms with Crippen molar-refractivity contribution < 1.29 is 4.79 Å². The van der Waals surface area contributed by atoms with Gasteiger partial charge in [0.25, 0.3) is 0 Å². The maximum Gasteiger partial charge on any atom is 0.147 e. The Kier molecular flexibility index (Phi) is 1.94. The summed E-state index contributed by atoms with van der Waals surface area (Å²) in [6.45, 7) is 0. The van der Waals surface area contributed by atoms with E-state index < -0.39 is 0 Å². The minimum Gasteiger partial charge on any atom is -0.298 e. The predicted molar refractivity (Wildman–Crippen MR) is 48.6 cm³/mol. The highest BCUT2D eigenvalue weighted by molar-refractivity contribution is 5.87. The van der Waals surface area contributed by atoms with E-state index in [9.17, 15) is 4.79 Å². The van der Waals surface area contributed by atoms with Crippen molar-refractivity contribution in [3.63, 3.8) is 0 Å². The Hall–Kier alpha value is -1.11. The lowest BCUT2D eigenvalue weighted by molar-refractivity contribution is -0.123. The number of Topliss-reactive ketones (excluding diaryl/α,β-unsaturated/α-hetero) is 1. The molecule has 2 rings (SSSR count). The van der Waals surface area contributed by atoms with Crippen LogP contribution < -0.4 is 0 Å². The lowest BCUT2D eigenvalue weighted by Gasteiger charge is -2.10. The van der Waals surface area contributed by atoms with Crippen LogP contribution in [0.2, 0.25) is 0 Å². The Morgan fingerprint density at radius 3 is 2.00 bits per heavy atom. The lowest BCUT2D eigenvalue weighted by Crippen LogP contribution is -2.17. The topological polar surface area (TPSA) is 17.1 Å². The Morgan fingerprint density at radius 2 is 1.50 bits per heavy atom. The van der Waals surface area contributed by atoms with Crippen LogP contribution >= 0.6 is 0 Å². The summed E-state index contributed by atoms with van der Waals surface area (Å²) < 4.78 is 0. The molecule has 0 aliphatic heterocycles. The fraction of sp³-hybridized carbons (Fsp3) is 0.364. The summed E-state index contributed by atoms with van der Waals surface area (Å²) in [5.74, 6) is 0.637. The van der Waals surface area contributed by atoms with Crippen molar-refractivity contribution in [1.82, 2.24) is 0 Å². The van der Waals surface area contributed by atoms with Crippen LogP contribution in [-0.2, 0) is 4.79 Å². The first kappa shape index (κ1) is 7.53. The molecule has 0 spiro atoms. The summed E-state index contributed by atoms with van der Waals surface area (Å²) in [5.41, 5.74) is 0. The third kappa shape index (κ3) is 1.27. The smallest absolute Gasteiger partial charge is 0.147 e. The summed E-state index contributed by atoms with van der Waals surface area (Å²) in [5, 5.41) is 0. The van der Waals surface area contributed by atoms with E-state index in [0.717, 1.165) is 12.8 Å². The molecular weight excluding hydrogens is 148 g/mol. The zero-order valence-corrected chi connectivity index (χ0v) is 6.94. The number of allylic oxidation sites excluding steroid dienone is 6. The van der Waals surface area contributed by atoms with Crippen LogP contribution in [0.25, 0.3) is 0 Å². The van der Waals surface area contributed by atoms with Crippen LogP contribution in [0, 0.1) is 11.8 Å². The molecule has 2 aliphatic rings. The van der Waals surface area contributed by atoms with Gasteiger partial charge < -0.3 is 0 Å². The number of hydrogen-bond donors (Lipinski definition) is 0. The highest BCUT2D eigenvalue weighted by atomic mass is 16.1. The molecule has 1 nitrogen and oxygen atoms in total. The monoisotopic (exact) mass is 160 g/mol. The van der Waals surface area contributed by atoms with Gasteiger partial charge in [0.05, 0.1) is 0 Å². The molecule has 0 fully saturated rings. The largest absolute Gasteiger partial charge is 0.298 e. The number of rotatable bonds is 0. The molecule has 2 bridgehead atoms. The molecule has 12 heavy (non-hydrogen) atoms. The van der Waals surface area contributed by atoms with Crippen molar-refractivity contribution in [2.45, 2.75) is 12.8 Å². The molecule has 2 atom stereocenters. The Bertz CT molecular complexity index is 245. The first-order valence-corrected chi connectivity index (χ1v) is 4.41. The van der Waals surface area contributed by atoms with Crippen molar-refractivity contribution in [2.24, 2.45) is 11.8 Å². The molecule has 0 aromatic rings. The average molecular weight is 160 g/mol. The minimum absolute atomic E-state index is 0.128. The summed E-state index contributed by atoms with van der Waals surface area (Å²) in [4.78, 5) is 11.7. The summed E-state index contributed by atoms with van der Waals surface area (Å²) >= 11 is 0. The fourth-order valence-electron chi connectivity index (χ4n) is 1.74. The van der Waals surface area contributed by atoms with Crippen molar-refractivity contribution in [3.05, 3.63) is 36.5 Å². The van der Waals surface area contributed by atoms with E-state index in [1.54, 1.807) is 0 Å². The van der Waals surface area contributed by atoms with E-state index >= 15 is 0 Å². The van der Waals surface area contributed by atoms with Gasteiger partial charge in [-0.25, -0.2) is 0 Å². The molecule has 0 amide bonds. The molecule has 2 aliphatic carbocycles. The number of fused-ring (bicyclic) bond motifs is 2. The number of ketones is 1. The minimum atomic E-state index is 0.128. The lowest BCUT2D eigenvalue weighted by atomic mass is 9.92. The van der Waals surface area contributed by atoms with Gasteiger partial charge in [0, 0.05) is 11.8 Å². The molecule has 0 saturated carbocycles. The number of carbonyl (C=O) groups is 1. The quantitative estimate of drug-likeness (QED) is 0.497. The van der Waals surface area contributed by atoms with Gasteiger partial charge >= 0.3 is 0 Å². The maximum atomic E-state index is 11.7. The van der Waals surface area contributed by atoms with Gasteiger partial charge in [-0.3, -0.25) is 4.79 Å². The second kappa shape index (κ2) is 3.10. The molecular formula is C11H12O. The van der Waals surface area contributed by atoms with Crippen molar-refractivity contribution >= 4 is 5.78 Å². The second-order valence-corrected chi connectivity index (χ2v) is 3.33. The predicted octanol–water partition coefficient (Wildman–Crippen LogP) is 2.26. The van der Waals surface area contributed by atoms with Crippen LogP contribution in [0.1, 0.15) is 12.8 Å². The normalized spacial score (nSPS) is 33.2. The number of carbonyl (C=O) groups excluding carboxylic acids is 1. The van der Waals surface area contributed by atoms with Crippen molar-refractivity contribution in [2.75, 3.05) is 0 Å². The van der Waals surface area contributed by atoms with E-state index in [1.807, 2.05) is 24.3 Å². The summed E-state index contributed by atoms with van der Waals surface area (Å²) in [6, 6.07) is 0. The molecule has 1 heteroatoms. The Balaban J connectivity index is 2.33. The molecule has 0 saturated heterocycles. The van der Waals surface area contributed by atoms with Crippen molar-refractivity contribution in [1.29, 1.82) is 0 Å². The fourth-order valence-corrected chi connectivity index (χ4v) is 1.74. The van der Waals surface area contributed by atoms with E-state index in [-0.39, 0.29) is 11.8 Å². The molecule has 0 N–H and O–H groups in total. The first-order chi connectivity index (χ1) is 5.88. The molecule has 0 radical (unpaired) electrons. The molecule has 0 aromatic heterocycles. The van der Waals surface area contributed by atoms with Gasteiger partial charge in [0.2, 0.25) is 0 Å². The Morgan fingerprint density at radius 1 is 1.00 bits per heavy atom. The summed E-state index contributed by atoms with van der Waals surface area (Å²) in [7, 11) is 0. The molecule has 0 heterocycles.